The molecule has 0 bridgehead atoms. The highest BCUT2D eigenvalue weighted by Crippen LogP contribution is 2.60. The molecule has 2 saturated carbocycles. The minimum absolute atomic E-state index is 0.0981. The fraction of sp³-hybridized carbons (Fsp3) is 0.667. The molecule has 0 aliphatic heterocycles. The number of aryl methyl sites for hydroxylation is 1. The van der Waals surface area contributed by atoms with Gasteiger partial charge in [0.1, 0.15) is 5.75 Å². The summed E-state index contributed by atoms with van der Waals surface area (Å²) in [7, 11) is 0. The zero-order valence-electron chi connectivity index (χ0n) is 12.2. The Bertz CT molecular complexity index is 538. The monoisotopic (exact) mass is 272 g/mol. The van der Waals surface area contributed by atoms with Crippen LogP contribution >= 0.6 is 0 Å². The lowest BCUT2D eigenvalue weighted by molar-refractivity contribution is -0.0226. The number of hydrogen-bond donors (Lipinski definition) is 2. The maximum atomic E-state index is 10.4. The van der Waals surface area contributed by atoms with Crippen LogP contribution in [0.15, 0.2) is 18.2 Å². The summed E-state index contributed by atoms with van der Waals surface area (Å²) >= 11 is 0. The van der Waals surface area contributed by atoms with Gasteiger partial charge in [-0.25, -0.2) is 0 Å². The van der Waals surface area contributed by atoms with Crippen LogP contribution in [0.4, 0.5) is 0 Å². The van der Waals surface area contributed by atoms with Crippen molar-refractivity contribution in [3.8, 4) is 5.75 Å². The van der Waals surface area contributed by atoms with E-state index >= 15 is 0 Å². The van der Waals surface area contributed by atoms with Gasteiger partial charge in [0.2, 0.25) is 0 Å². The molecule has 2 fully saturated rings. The van der Waals surface area contributed by atoms with E-state index in [1.54, 1.807) is 0 Å². The molecule has 2 N–H and O–H groups in total. The molecule has 2 heteroatoms. The third kappa shape index (κ3) is 1.60. The first-order valence-electron chi connectivity index (χ1n) is 8.09. The third-order valence-corrected chi connectivity index (χ3v) is 6.66. The molecular weight excluding hydrogens is 248 g/mol. The Morgan fingerprint density at radius 2 is 2.00 bits per heavy atom. The maximum Gasteiger partial charge on any atom is 0.115 e. The van der Waals surface area contributed by atoms with E-state index in [2.05, 4.69) is 13.0 Å². The van der Waals surface area contributed by atoms with Gasteiger partial charge in [0.15, 0.2) is 0 Å². The first-order chi connectivity index (χ1) is 9.59. The van der Waals surface area contributed by atoms with Crippen molar-refractivity contribution in [1.29, 1.82) is 0 Å². The van der Waals surface area contributed by atoms with Crippen LogP contribution < -0.4 is 0 Å². The number of phenolic OH excluding ortho intramolecular Hbond substituents is 1. The second-order valence-corrected chi connectivity index (χ2v) is 7.44. The molecule has 5 atom stereocenters. The Morgan fingerprint density at radius 1 is 1.15 bits per heavy atom. The number of phenols is 1. The summed E-state index contributed by atoms with van der Waals surface area (Å²) in [4.78, 5) is 0. The van der Waals surface area contributed by atoms with Gasteiger partial charge in [-0.15, -0.1) is 0 Å². The molecule has 0 unspecified atom stereocenters. The largest absolute Gasteiger partial charge is 0.508 e. The molecule has 0 spiro atoms. The number of hydrogen-bond acceptors (Lipinski definition) is 2. The van der Waals surface area contributed by atoms with E-state index in [1.807, 2.05) is 12.1 Å². The van der Waals surface area contributed by atoms with E-state index < -0.39 is 0 Å². The van der Waals surface area contributed by atoms with Crippen molar-refractivity contribution in [3.63, 3.8) is 0 Å². The number of fused-ring (bicyclic) bond motifs is 5. The number of aromatic hydroxyl groups is 1. The van der Waals surface area contributed by atoms with Crippen molar-refractivity contribution in [2.24, 2.45) is 17.3 Å². The van der Waals surface area contributed by atoms with E-state index in [4.69, 9.17) is 0 Å². The van der Waals surface area contributed by atoms with Gasteiger partial charge in [-0.3, -0.25) is 0 Å². The van der Waals surface area contributed by atoms with Gasteiger partial charge in [0.25, 0.3) is 0 Å². The smallest absolute Gasteiger partial charge is 0.115 e. The average Bonchev–Trinajstić information content (AvgIpc) is 2.74. The Hall–Kier alpha value is -1.02. The van der Waals surface area contributed by atoms with E-state index in [0.29, 0.717) is 23.5 Å². The molecule has 0 saturated heterocycles. The van der Waals surface area contributed by atoms with Crippen LogP contribution in [-0.4, -0.2) is 16.3 Å². The standard InChI is InChI=1S/C18H24O2/c1-18-9-8-13-14(16(18)6-7-17(18)20)5-3-11-2-4-12(19)10-15(11)13/h2,4,10,13-14,16-17,19-20H,3,5-9H2,1H3/t13-,14-,16-,17-,18+/m0/s1. The van der Waals surface area contributed by atoms with Crippen molar-refractivity contribution < 1.29 is 10.2 Å². The van der Waals surface area contributed by atoms with Gasteiger partial charge < -0.3 is 10.2 Å². The van der Waals surface area contributed by atoms with E-state index in [9.17, 15) is 10.2 Å². The molecule has 2 nitrogen and oxygen atoms in total. The van der Waals surface area contributed by atoms with Crippen molar-refractivity contribution in [1.82, 2.24) is 0 Å². The zero-order valence-corrected chi connectivity index (χ0v) is 12.2. The second kappa shape index (κ2) is 4.24. The predicted molar refractivity (Wildman–Crippen MR) is 78.7 cm³/mol. The minimum Gasteiger partial charge on any atom is -0.508 e. The SMILES string of the molecule is C[C@@]12CC[C@@H]3c4cc(O)ccc4CC[C@@H]3[C@@H]1CC[C@@H]2O. The van der Waals surface area contributed by atoms with Crippen LogP contribution in [0.2, 0.25) is 0 Å². The van der Waals surface area contributed by atoms with Crippen molar-refractivity contribution in [3.05, 3.63) is 29.3 Å². The van der Waals surface area contributed by atoms with Gasteiger partial charge in [0, 0.05) is 0 Å². The normalized spacial score (nSPS) is 42.7. The summed E-state index contributed by atoms with van der Waals surface area (Å²) < 4.78 is 0. The summed E-state index contributed by atoms with van der Waals surface area (Å²) in [5.41, 5.74) is 2.98. The average molecular weight is 272 g/mol. The van der Waals surface area contributed by atoms with Gasteiger partial charge >= 0.3 is 0 Å². The first kappa shape index (κ1) is 12.7. The van der Waals surface area contributed by atoms with Crippen LogP contribution in [-0.2, 0) is 6.42 Å². The Balaban J connectivity index is 1.73. The molecule has 0 amide bonds. The Kier molecular flexibility index (Phi) is 2.69. The summed E-state index contributed by atoms with van der Waals surface area (Å²) in [6, 6.07) is 5.93. The molecule has 1 aromatic carbocycles. The summed E-state index contributed by atoms with van der Waals surface area (Å²) in [6.07, 6.45) is 6.78. The van der Waals surface area contributed by atoms with Crippen molar-refractivity contribution >= 4 is 0 Å². The summed E-state index contributed by atoms with van der Waals surface area (Å²) in [5.74, 6) is 2.39. The minimum atomic E-state index is -0.0981. The Morgan fingerprint density at radius 3 is 2.85 bits per heavy atom. The molecule has 0 heterocycles. The zero-order chi connectivity index (χ0) is 13.9. The Labute approximate surface area is 120 Å². The van der Waals surface area contributed by atoms with Gasteiger partial charge in [-0.1, -0.05) is 13.0 Å². The molecular formula is C18H24O2. The summed E-state index contributed by atoms with van der Waals surface area (Å²) in [5, 5.41) is 20.2. The molecule has 0 aromatic heterocycles. The highest BCUT2D eigenvalue weighted by atomic mass is 16.3. The van der Waals surface area contributed by atoms with Gasteiger partial charge in [-0.2, -0.15) is 0 Å². The molecule has 108 valence electrons. The van der Waals surface area contributed by atoms with Gasteiger partial charge in [0.05, 0.1) is 6.10 Å². The first-order valence-corrected chi connectivity index (χ1v) is 8.09. The van der Waals surface area contributed by atoms with Crippen LogP contribution in [0, 0.1) is 17.3 Å². The molecule has 20 heavy (non-hydrogen) atoms. The highest BCUT2D eigenvalue weighted by molar-refractivity contribution is 5.40. The lowest BCUT2D eigenvalue weighted by Crippen LogP contribution is -2.43. The maximum absolute atomic E-state index is 10.4. The quantitative estimate of drug-likeness (QED) is 0.757. The number of aliphatic hydroxyl groups is 1. The number of aliphatic hydroxyl groups excluding tert-OH is 1. The van der Waals surface area contributed by atoms with Crippen LogP contribution in [0.25, 0.3) is 0 Å². The predicted octanol–water partition coefficient (Wildman–Crippen LogP) is 3.61. The lowest BCUT2D eigenvalue weighted by atomic mass is 9.55. The fourth-order valence-corrected chi connectivity index (χ4v) is 5.53. The topological polar surface area (TPSA) is 40.5 Å². The van der Waals surface area contributed by atoms with E-state index in [-0.39, 0.29) is 11.5 Å². The van der Waals surface area contributed by atoms with Gasteiger partial charge in [-0.05, 0) is 85.0 Å². The van der Waals surface area contributed by atoms with Crippen LogP contribution in [0.5, 0.6) is 5.75 Å². The molecule has 4 rings (SSSR count). The van der Waals surface area contributed by atoms with E-state index in [0.717, 1.165) is 19.3 Å². The molecule has 0 radical (unpaired) electrons. The molecule has 3 aliphatic rings. The van der Waals surface area contributed by atoms with Crippen molar-refractivity contribution in [2.45, 2.75) is 57.5 Å². The second-order valence-electron chi connectivity index (χ2n) is 7.44. The fourth-order valence-electron chi connectivity index (χ4n) is 5.53. The highest BCUT2D eigenvalue weighted by Gasteiger charge is 2.54. The van der Waals surface area contributed by atoms with Crippen LogP contribution in [0.3, 0.4) is 0 Å². The van der Waals surface area contributed by atoms with Crippen molar-refractivity contribution in [2.75, 3.05) is 0 Å². The molecule has 1 aromatic rings. The van der Waals surface area contributed by atoms with E-state index in [1.165, 1.54) is 30.4 Å². The number of rotatable bonds is 0. The number of benzene rings is 1. The molecule has 3 aliphatic carbocycles. The van der Waals surface area contributed by atoms with Crippen LogP contribution in [0.1, 0.15) is 56.1 Å². The summed E-state index contributed by atoms with van der Waals surface area (Å²) in [6.45, 7) is 2.31. The lowest BCUT2D eigenvalue weighted by Gasteiger charge is -2.50. The third-order valence-electron chi connectivity index (χ3n) is 6.66.